The molecule has 1 aromatic heterocycles. The molecule has 0 amide bonds. The molecule has 0 aliphatic heterocycles. The second kappa shape index (κ2) is 9.99. The third kappa shape index (κ3) is 5.10. The van der Waals surface area contributed by atoms with Crippen LogP contribution in [0.5, 0.6) is 5.75 Å². The van der Waals surface area contributed by atoms with Gasteiger partial charge in [0.25, 0.3) is 0 Å². The molecular weight excluding hydrogens is 384 g/mol. The van der Waals surface area contributed by atoms with Gasteiger partial charge in [-0.1, -0.05) is 12.1 Å². The third-order valence-electron chi connectivity index (χ3n) is 4.55. The second-order valence-corrected chi connectivity index (χ2v) is 6.83. The summed E-state index contributed by atoms with van der Waals surface area (Å²) in [6.45, 7) is 10.1. The minimum Gasteiger partial charge on any atom is -1.00 e. The number of nitriles is 1. The van der Waals surface area contributed by atoms with E-state index in [1.165, 1.54) is 0 Å². The number of rotatable bonds is 7. The van der Waals surface area contributed by atoms with E-state index in [2.05, 4.69) is 40.9 Å². The van der Waals surface area contributed by atoms with Crippen LogP contribution in [0.4, 0.5) is 5.69 Å². The molecule has 3 rings (SSSR count). The van der Waals surface area contributed by atoms with Gasteiger partial charge in [0, 0.05) is 30.4 Å². The summed E-state index contributed by atoms with van der Waals surface area (Å²) < 4.78 is 6.05. The monoisotopic (exact) mass is 409 g/mol. The second-order valence-electron chi connectivity index (χ2n) is 6.83. The zero-order valence-corrected chi connectivity index (χ0v) is 18.0. The van der Waals surface area contributed by atoms with Gasteiger partial charge < -0.3 is 27.0 Å². The number of aromatic amines is 1. The number of benzene rings is 2. The number of ether oxygens (including phenoxy) is 1. The number of nitrogens with zero attached hydrogens (tertiary/aromatic N) is 3. The smallest absolute Gasteiger partial charge is 0.149 e. The zero-order chi connectivity index (χ0) is 20.1. The lowest BCUT2D eigenvalue weighted by Crippen LogP contribution is -3.00. The Morgan fingerprint density at radius 1 is 1.21 bits per heavy atom. The summed E-state index contributed by atoms with van der Waals surface area (Å²) in [6.07, 6.45) is 1.87. The fraction of sp³-hybridized carbons (Fsp3) is 0.304. The van der Waals surface area contributed by atoms with Crippen molar-refractivity contribution in [3.8, 4) is 11.8 Å². The van der Waals surface area contributed by atoms with E-state index < -0.39 is 0 Å². The van der Waals surface area contributed by atoms with Gasteiger partial charge in [-0.25, -0.2) is 4.98 Å². The fourth-order valence-corrected chi connectivity index (χ4v) is 3.17. The molecule has 6 heteroatoms. The van der Waals surface area contributed by atoms with Gasteiger partial charge in [0.1, 0.15) is 17.6 Å². The predicted molar refractivity (Wildman–Crippen MR) is 115 cm³/mol. The van der Waals surface area contributed by atoms with Crippen molar-refractivity contribution in [2.45, 2.75) is 33.8 Å². The zero-order valence-electron chi connectivity index (χ0n) is 17.2. The highest BCUT2D eigenvalue weighted by molar-refractivity contribution is 5.91. The van der Waals surface area contributed by atoms with Crippen LogP contribution in [0.3, 0.4) is 0 Å². The number of anilines is 1. The highest BCUT2D eigenvalue weighted by Gasteiger charge is 2.12. The largest absolute Gasteiger partial charge is 1.00 e. The number of fused-ring (bicyclic) bond motifs is 1. The lowest BCUT2D eigenvalue weighted by Gasteiger charge is -2.23. The number of nitrogens with one attached hydrogen (secondary N) is 1. The molecule has 152 valence electrons. The average molecular weight is 410 g/mol. The maximum Gasteiger partial charge on any atom is 0.149 e. The molecule has 0 aliphatic rings. The molecule has 0 unspecified atom stereocenters. The first-order valence-corrected chi connectivity index (χ1v) is 9.68. The number of allylic oxidation sites excluding steroid dienone is 1. The van der Waals surface area contributed by atoms with E-state index in [-0.39, 0.29) is 18.5 Å². The highest BCUT2D eigenvalue weighted by atomic mass is 35.5. The lowest BCUT2D eigenvalue weighted by molar-refractivity contribution is -0.00000733. The summed E-state index contributed by atoms with van der Waals surface area (Å²) >= 11 is 0. The van der Waals surface area contributed by atoms with Crippen LogP contribution in [-0.2, 0) is 0 Å². The molecule has 0 spiro atoms. The Hall–Kier alpha value is -2.97. The summed E-state index contributed by atoms with van der Waals surface area (Å²) in [7, 11) is 0. The molecule has 1 heterocycles. The molecule has 0 saturated carbocycles. The number of H-pyrrole nitrogens is 1. The van der Waals surface area contributed by atoms with Gasteiger partial charge in [0.2, 0.25) is 0 Å². The fourth-order valence-electron chi connectivity index (χ4n) is 3.17. The van der Waals surface area contributed by atoms with Gasteiger partial charge in [-0.05, 0) is 58.0 Å². The molecule has 0 aliphatic carbocycles. The van der Waals surface area contributed by atoms with Crippen molar-refractivity contribution in [1.82, 2.24) is 9.97 Å². The van der Waals surface area contributed by atoms with Crippen molar-refractivity contribution in [3.63, 3.8) is 0 Å². The van der Waals surface area contributed by atoms with Crippen LogP contribution in [0.15, 0.2) is 42.5 Å². The van der Waals surface area contributed by atoms with Gasteiger partial charge in [-0.2, -0.15) is 5.26 Å². The van der Waals surface area contributed by atoms with E-state index in [4.69, 9.17) is 4.74 Å². The molecule has 0 bridgehead atoms. The first kappa shape index (κ1) is 22.3. The average Bonchev–Trinajstić information content (AvgIpc) is 3.12. The van der Waals surface area contributed by atoms with Crippen LogP contribution in [0.25, 0.3) is 22.7 Å². The van der Waals surface area contributed by atoms with Crippen LogP contribution < -0.4 is 22.0 Å². The van der Waals surface area contributed by atoms with E-state index >= 15 is 0 Å². The summed E-state index contributed by atoms with van der Waals surface area (Å²) in [5.41, 5.74) is 4.20. The topological polar surface area (TPSA) is 64.9 Å². The molecule has 0 radical (unpaired) electrons. The van der Waals surface area contributed by atoms with Crippen molar-refractivity contribution < 1.29 is 17.1 Å². The summed E-state index contributed by atoms with van der Waals surface area (Å²) in [5, 5.41) is 9.73. The normalized spacial score (nSPS) is 11.2. The quantitative estimate of drug-likeness (QED) is 0.608. The van der Waals surface area contributed by atoms with Crippen LogP contribution in [0.1, 0.15) is 39.1 Å². The molecular formula is C23H26ClN4O-. The molecule has 0 atom stereocenters. The number of hydrogen-bond acceptors (Lipinski definition) is 4. The Morgan fingerprint density at radius 2 is 1.93 bits per heavy atom. The molecule has 0 saturated heterocycles. The van der Waals surface area contributed by atoms with Crippen molar-refractivity contribution >= 4 is 28.4 Å². The standard InChI is InChI=1S/C23H26N4O.ClH/c1-5-27(6-2)19-12-11-17(22(14-19)28-16(3)4)13-18(15-24)23-25-20-9-7-8-10-21(20)26-23;/h7-14,16H,5-6H2,1-4H3,(H,25,26);1H/p-1/b18-13+;. The van der Waals surface area contributed by atoms with Crippen LogP contribution in [-0.4, -0.2) is 29.2 Å². The van der Waals surface area contributed by atoms with Crippen LogP contribution >= 0.6 is 0 Å². The van der Waals surface area contributed by atoms with E-state index in [9.17, 15) is 5.26 Å². The van der Waals surface area contributed by atoms with Gasteiger partial charge in [-0.3, -0.25) is 0 Å². The number of halogens is 1. The first-order chi connectivity index (χ1) is 13.5. The van der Waals surface area contributed by atoms with E-state index in [1.54, 1.807) is 0 Å². The lowest BCUT2D eigenvalue weighted by atomic mass is 10.1. The number of imidazole rings is 1. The third-order valence-corrected chi connectivity index (χ3v) is 4.55. The van der Waals surface area contributed by atoms with E-state index in [0.717, 1.165) is 41.1 Å². The Kier molecular flexibility index (Phi) is 7.69. The highest BCUT2D eigenvalue weighted by Crippen LogP contribution is 2.30. The number of aromatic nitrogens is 2. The molecule has 29 heavy (non-hydrogen) atoms. The first-order valence-electron chi connectivity index (χ1n) is 9.68. The van der Waals surface area contributed by atoms with Crippen molar-refractivity contribution in [3.05, 3.63) is 53.9 Å². The van der Waals surface area contributed by atoms with Gasteiger partial charge in [0.05, 0.1) is 22.7 Å². The number of para-hydroxylation sites is 2. The predicted octanol–water partition coefficient (Wildman–Crippen LogP) is 2.26. The molecule has 2 aromatic carbocycles. The minimum atomic E-state index is 0. The Balaban J connectivity index is 0.00000300. The summed E-state index contributed by atoms with van der Waals surface area (Å²) in [5.74, 6) is 1.33. The Bertz CT molecular complexity index is 996. The van der Waals surface area contributed by atoms with E-state index in [1.807, 2.05) is 56.3 Å². The van der Waals surface area contributed by atoms with Crippen molar-refractivity contribution in [1.29, 1.82) is 5.26 Å². The SMILES string of the molecule is CCN(CC)c1ccc(/C=C(\C#N)c2nc3ccccc3[nH]2)c(OC(C)C)c1.[Cl-]. The van der Waals surface area contributed by atoms with Gasteiger partial charge in [-0.15, -0.1) is 0 Å². The Morgan fingerprint density at radius 3 is 2.55 bits per heavy atom. The minimum absolute atomic E-state index is 0. The maximum atomic E-state index is 9.73. The number of hydrogen-bond donors (Lipinski definition) is 1. The van der Waals surface area contributed by atoms with Gasteiger partial charge >= 0.3 is 0 Å². The molecule has 1 N–H and O–H groups in total. The Labute approximate surface area is 178 Å². The van der Waals surface area contributed by atoms with Crippen molar-refractivity contribution in [2.75, 3.05) is 18.0 Å². The molecule has 5 nitrogen and oxygen atoms in total. The van der Waals surface area contributed by atoms with Crippen LogP contribution in [0, 0.1) is 11.3 Å². The summed E-state index contributed by atoms with van der Waals surface area (Å²) in [4.78, 5) is 10.0. The summed E-state index contributed by atoms with van der Waals surface area (Å²) in [6, 6.07) is 16.1. The van der Waals surface area contributed by atoms with E-state index in [0.29, 0.717) is 11.4 Å². The van der Waals surface area contributed by atoms with Crippen LogP contribution in [0.2, 0.25) is 0 Å². The molecule has 3 aromatic rings. The van der Waals surface area contributed by atoms with Gasteiger partial charge in [0.15, 0.2) is 0 Å². The van der Waals surface area contributed by atoms with Crippen molar-refractivity contribution in [2.24, 2.45) is 0 Å². The maximum absolute atomic E-state index is 9.73. The molecule has 0 fully saturated rings.